The van der Waals surface area contributed by atoms with E-state index >= 15 is 0 Å². The van der Waals surface area contributed by atoms with Gasteiger partial charge in [0.05, 0.1) is 11.8 Å². The zero-order chi connectivity index (χ0) is 22.1. The van der Waals surface area contributed by atoms with Crippen LogP contribution in [-0.4, -0.2) is 5.78 Å². The third-order valence-electron chi connectivity index (χ3n) is 7.23. The molecule has 0 aliphatic heterocycles. The first-order chi connectivity index (χ1) is 15.8. The molecule has 2 heteroatoms. The number of Topliss-reactive ketones (excluding diaryl/α,β-unsaturated/α-hetero) is 1. The average molecular weight is 433 g/mol. The van der Waals surface area contributed by atoms with Crippen LogP contribution in [0.4, 0.5) is 0 Å². The number of hydrogen-bond donors (Lipinski definition) is 0. The molecule has 0 N–H and O–H groups in total. The van der Waals surface area contributed by atoms with Gasteiger partial charge in [-0.15, -0.1) is 0 Å². The molecule has 164 valence electrons. The number of benzene rings is 2. The predicted octanol–water partition coefficient (Wildman–Crippen LogP) is 5.03. The molecule has 0 saturated heterocycles. The second-order valence-corrected chi connectivity index (χ2v) is 8.80. The maximum absolute atomic E-state index is 12.3. The second kappa shape index (κ2) is 9.58. The molecule has 1 saturated carbocycles. The zero-order valence-corrected chi connectivity index (χ0v) is 17.7. The van der Waals surface area contributed by atoms with Crippen LogP contribution in [0.3, 0.4) is 0 Å². The number of carbonyl (C=O) groups excluding carboxylic acids is 1. The summed E-state index contributed by atoms with van der Waals surface area (Å²) in [6, 6.07) is 16.9. The van der Waals surface area contributed by atoms with Gasteiger partial charge in [0.1, 0.15) is 5.78 Å². The van der Waals surface area contributed by atoms with Gasteiger partial charge in [0.2, 0.25) is 0 Å². The van der Waals surface area contributed by atoms with E-state index in [-0.39, 0.29) is 19.3 Å². The van der Waals surface area contributed by atoms with Gasteiger partial charge >= 0.3 is 11.3 Å². The fourth-order valence-corrected chi connectivity index (χ4v) is 5.88. The molecule has 5 aliphatic rings. The zero-order valence-electron chi connectivity index (χ0n) is 17.7. The van der Waals surface area contributed by atoms with Crippen molar-refractivity contribution in [1.82, 2.24) is 0 Å². The van der Waals surface area contributed by atoms with Crippen molar-refractivity contribution < 1.29 is 9.45 Å². The third kappa shape index (κ3) is 3.82. The monoisotopic (exact) mass is 432 g/mol. The van der Waals surface area contributed by atoms with Gasteiger partial charge in [0.25, 0.3) is 0 Å². The van der Waals surface area contributed by atoms with Gasteiger partial charge in [-0.2, -0.15) is 0 Å². The molecule has 33 heavy (non-hydrogen) atoms. The van der Waals surface area contributed by atoms with Gasteiger partial charge in [0, 0.05) is 11.8 Å². The van der Waals surface area contributed by atoms with E-state index in [0.717, 1.165) is 0 Å². The van der Waals surface area contributed by atoms with E-state index in [0.29, 0.717) is 29.5 Å². The van der Waals surface area contributed by atoms with Crippen molar-refractivity contribution in [2.75, 3.05) is 0 Å². The summed E-state index contributed by atoms with van der Waals surface area (Å²) in [4.78, 5) is 12.3. The van der Waals surface area contributed by atoms with Crippen LogP contribution in [0.2, 0.25) is 0 Å². The van der Waals surface area contributed by atoms with Gasteiger partial charge in [-0.3, -0.25) is 4.79 Å². The van der Waals surface area contributed by atoms with Crippen molar-refractivity contribution in [3.8, 4) is 0 Å². The summed E-state index contributed by atoms with van der Waals surface area (Å²) in [6.07, 6.45) is 22.1. The fraction of sp³-hybridized carbons (Fsp3) is 0.226. The number of rotatable bonds is 0. The molecule has 0 heterocycles. The average Bonchev–Trinajstić information content (AvgIpc) is 3.32. The molecule has 0 radical (unpaired) electrons. The Morgan fingerprint density at radius 3 is 1.45 bits per heavy atom. The van der Waals surface area contributed by atoms with Crippen molar-refractivity contribution in [1.29, 1.82) is 0 Å². The van der Waals surface area contributed by atoms with Gasteiger partial charge in [0.15, 0.2) is 0 Å². The summed E-state index contributed by atoms with van der Waals surface area (Å²) in [5, 5.41) is 2.74. The van der Waals surface area contributed by atoms with Gasteiger partial charge in [-0.25, -0.2) is 0 Å². The molecule has 1 fully saturated rings. The first kappa shape index (κ1) is 22.7. The molecular formula is C31H28O2. The first-order valence-electron chi connectivity index (χ1n) is 11.1. The van der Waals surface area contributed by atoms with Crippen molar-refractivity contribution in [3.63, 3.8) is 0 Å². The molecule has 2 aromatic carbocycles. The SMILES string of the molecule is C.C1=CC2C=c3ccccc3=CC2C=C1.O=C1[C@@H]2c3ccccc3[C@H]1C1C=CC=CC12.[C-]#[O+]. The van der Waals surface area contributed by atoms with E-state index in [4.69, 9.17) is 4.65 Å². The maximum atomic E-state index is 12.3. The van der Waals surface area contributed by atoms with Crippen LogP contribution in [0, 0.1) is 30.3 Å². The van der Waals surface area contributed by atoms with E-state index in [2.05, 4.69) is 104 Å². The Bertz CT molecular complexity index is 1210. The number of allylic oxidation sites excluding steroid dienone is 8. The van der Waals surface area contributed by atoms with Crippen LogP contribution in [0.25, 0.3) is 12.2 Å². The number of fused-ring (bicyclic) bond motifs is 10. The van der Waals surface area contributed by atoms with E-state index in [1.807, 2.05) is 12.1 Å². The molecule has 5 aliphatic carbocycles. The first-order valence-corrected chi connectivity index (χ1v) is 11.1. The van der Waals surface area contributed by atoms with Crippen molar-refractivity contribution >= 4 is 17.9 Å². The number of hydrogen-bond acceptors (Lipinski definition) is 1. The van der Waals surface area contributed by atoms with Crippen molar-refractivity contribution in [3.05, 3.63) is 125 Å². The third-order valence-corrected chi connectivity index (χ3v) is 7.23. The molecule has 2 nitrogen and oxygen atoms in total. The molecular weight excluding hydrogens is 404 g/mol. The standard InChI is InChI=1S/C15H12O.C14H12.CO.CH4/c16-15-13-9-5-1-2-6-10(9)14(15)12-8-4-3-7-11(12)13;1-2-6-12-10-14-8-4-3-7-13(14)9-11(12)5-1;1-2;/h1-10,13-14H;1-12H;;1H4/t9?,10?,13-,14+;;;. The van der Waals surface area contributed by atoms with E-state index in [1.165, 1.54) is 21.6 Å². The quantitative estimate of drug-likeness (QED) is 0.425. The Morgan fingerprint density at radius 1 is 0.606 bits per heavy atom. The summed E-state index contributed by atoms with van der Waals surface area (Å²) in [5.41, 5.74) is 2.55. The minimum absolute atomic E-state index is 0. The Morgan fingerprint density at radius 2 is 1.00 bits per heavy atom. The Balaban J connectivity index is 0.000000143. The van der Waals surface area contributed by atoms with E-state index in [1.54, 1.807) is 0 Å². The van der Waals surface area contributed by atoms with Crippen LogP contribution in [0.1, 0.15) is 30.4 Å². The Kier molecular flexibility index (Phi) is 6.60. The van der Waals surface area contributed by atoms with Crippen molar-refractivity contribution in [2.24, 2.45) is 23.7 Å². The van der Waals surface area contributed by atoms with Crippen LogP contribution < -0.4 is 10.4 Å². The number of carbonyl (C=O) groups is 1. The van der Waals surface area contributed by atoms with Crippen molar-refractivity contribution in [2.45, 2.75) is 19.3 Å². The van der Waals surface area contributed by atoms with Crippen LogP contribution in [0.5, 0.6) is 0 Å². The van der Waals surface area contributed by atoms with Crippen LogP contribution in [-0.2, 0) is 9.45 Å². The molecule has 0 spiro atoms. The van der Waals surface area contributed by atoms with Gasteiger partial charge < -0.3 is 0 Å². The predicted molar refractivity (Wildman–Crippen MR) is 133 cm³/mol. The summed E-state index contributed by atoms with van der Waals surface area (Å²) in [6.45, 7) is 4.50. The summed E-state index contributed by atoms with van der Waals surface area (Å²) < 4.78 is 7.50. The molecule has 0 amide bonds. The molecule has 2 bridgehead atoms. The Hall–Kier alpha value is -3.45. The molecule has 2 aromatic rings. The second-order valence-electron chi connectivity index (χ2n) is 8.80. The van der Waals surface area contributed by atoms with Crippen LogP contribution >= 0.6 is 0 Å². The van der Waals surface area contributed by atoms with E-state index in [9.17, 15) is 4.79 Å². The molecule has 7 rings (SSSR count). The fourth-order valence-electron chi connectivity index (χ4n) is 5.88. The van der Waals surface area contributed by atoms with Gasteiger partial charge in [-0.1, -0.05) is 117 Å². The number of ketones is 1. The van der Waals surface area contributed by atoms with E-state index < -0.39 is 0 Å². The molecule has 4 unspecified atom stereocenters. The summed E-state index contributed by atoms with van der Waals surface area (Å²) >= 11 is 0. The van der Waals surface area contributed by atoms with Crippen LogP contribution in [0.15, 0.2) is 97.1 Å². The summed E-state index contributed by atoms with van der Waals surface area (Å²) in [5.74, 6) is 2.66. The van der Waals surface area contributed by atoms with Gasteiger partial charge in [-0.05, 0) is 33.4 Å². The topological polar surface area (TPSA) is 37.0 Å². The minimum atomic E-state index is 0. The molecule has 0 aromatic heterocycles. The Labute approximate surface area is 195 Å². The normalized spacial score (nSPS) is 29.8. The molecule has 6 atom stereocenters. The summed E-state index contributed by atoms with van der Waals surface area (Å²) in [7, 11) is 0.